The topological polar surface area (TPSA) is 24.9 Å². The third-order valence-electron chi connectivity index (χ3n) is 3.51. The van der Waals surface area contributed by atoms with Crippen LogP contribution >= 0.6 is 0 Å². The molecule has 1 aromatic rings. The van der Waals surface area contributed by atoms with Crippen molar-refractivity contribution in [2.24, 2.45) is 5.92 Å². The molecule has 1 N–H and O–H groups in total. The second-order valence-electron chi connectivity index (χ2n) is 5.38. The third kappa shape index (κ3) is 1.93. The van der Waals surface area contributed by atoms with E-state index in [-0.39, 0.29) is 0 Å². The molecule has 2 nitrogen and oxygen atoms in total. The molecule has 0 radical (unpaired) electrons. The Labute approximate surface area is 98.5 Å². The lowest BCUT2D eigenvalue weighted by molar-refractivity contribution is 0.462. The van der Waals surface area contributed by atoms with Crippen molar-refractivity contribution in [3.05, 3.63) is 23.5 Å². The van der Waals surface area contributed by atoms with Crippen LogP contribution in [0.5, 0.6) is 0 Å². The van der Waals surface area contributed by atoms with E-state index in [1.807, 2.05) is 6.20 Å². The van der Waals surface area contributed by atoms with Gasteiger partial charge in [-0.15, -0.1) is 0 Å². The van der Waals surface area contributed by atoms with E-state index < -0.39 is 0 Å². The van der Waals surface area contributed by atoms with E-state index in [2.05, 4.69) is 44.1 Å². The summed E-state index contributed by atoms with van der Waals surface area (Å²) >= 11 is 0. The number of aromatic nitrogens is 1. The molecule has 0 aromatic carbocycles. The van der Waals surface area contributed by atoms with Crippen LogP contribution in [0.25, 0.3) is 0 Å². The minimum atomic E-state index is 0.510. The molecular weight excluding hydrogens is 196 g/mol. The molecular formula is C14H22N2. The highest BCUT2D eigenvalue weighted by atomic mass is 14.9. The Balaban J connectivity index is 2.51. The highest BCUT2D eigenvalue weighted by Crippen LogP contribution is 2.39. The van der Waals surface area contributed by atoms with Crippen molar-refractivity contribution in [3.8, 4) is 0 Å². The van der Waals surface area contributed by atoms with E-state index in [9.17, 15) is 0 Å². The van der Waals surface area contributed by atoms with Crippen molar-refractivity contribution >= 4 is 5.69 Å². The number of hydrogen-bond acceptors (Lipinski definition) is 2. The molecule has 1 unspecified atom stereocenters. The highest BCUT2D eigenvalue weighted by Gasteiger charge is 2.26. The Bertz CT molecular complexity index is 369. The van der Waals surface area contributed by atoms with Crippen LogP contribution in [-0.4, -0.2) is 11.5 Å². The average molecular weight is 218 g/mol. The van der Waals surface area contributed by atoms with Crippen molar-refractivity contribution in [1.82, 2.24) is 4.98 Å². The van der Waals surface area contributed by atoms with Gasteiger partial charge in [0.25, 0.3) is 0 Å². The van der Waals surface area contributed by atoms with Crippen LogP contribution < -0.4 is 5.32 Å². The summed E-state index contributed by atoms with van der Waals surface area (Å²) in [5, 5.41) is 3.50. The fourth-order valence-electron chi connectivity index (χ4n) is 2.67. The van der Waals surface area contributed by atoms with E-state index in [4.69, 9.17) is 0 Å². The van der Waals surface area contributed by atoms with Crippen molar-refractivity contribution in [2.75, 3.05) is 11.9 Å². The molecule has 2 heteroatoms. The lowest BCUT2D eigenvalue weighted by Gasteiger charge is -2.31. The van der Waals surface area contributed by atoms with Crippen molar-refractivity contribution in [2.45, 2.75) is 46.0 Å². The molecule has 0 saturated heterocycles. The fraction of sp³-hybridized carbons (Fsp3) is 0.643. The van der Waals surface area contributed by atoms with Crippen molar-refractivity contribution in [3.63, 3.8) is 0 Å². The molecule has 0 fully saturated rings. The van der Waals surface area contributed by atoms with Crippen LogP contribution in [0.4, 0.5) is 5.69 Å². The number of nitrogens with zero attached hydrogens (tertiary/aromatic N) is 1. The molecule has 0 spiro atoms. The Morgan fingerprint density at radius 2 is 2.06 bits per heavy atom. The molecule has 88 valence electrons. The van der Waals surface area contributed by atoms with Crippen LogP contribution in [0.1, 0.15) is 57.2 Å². The molecule has 2 heterocycles. The molecule has 16 heavy (non-hydrogen) atoms. The quantitative estimate of drug-likeness (QED) is 0.817. The Kier molecular flexibility index (Phi) is 3.17. The van der Waals surface area contributed by atoms with Gasteiger partial charge < -0.3 is 5.32 Å². The molecule has 0 amide bonds. The molecule has 1 aromatic heterocycles. The third-order valence-corrected chi connectivity index (χ3v) is 3.51. The molecule has 0 saturated carbocycles. The summed E-state index contributed by atoms with van der Waals surface area (Å²) in [6.07, 6.45) is 3.17. The van der Waals surface area contributed by atoms with E-state index in [1.54, 1.807) is 0 Å². The number of fused-ring (bicyclic) bond motifs is 1. The fourth-order valence-corrected chi connectivity index (χ4v) is 2.67. The van der Waals surface area contributed by atoms with Crippen molar-refractivity contribution in [1.29, 1.82) is 0 Å². The SMILES string of the molecule is CC(C)c1nccc2c1C(C(C)C)CCN2. The van der Waals surface area contributed by atoms with Gasteiger partial charge in [0.1, 0.15) is 0 Å². The first-order valence-corrected chi connectivity index (χ1v) is 6.34. The van der Waals surface area contributed by atoms with Gasteiger partial charge in [-0.3, -0.25) is 4.98 Å². The zero-order valence-corrected chi connectivity index (χ0v) is 10.7. The predicted octanol–water partition coefficient (Wildman–Crippen LogP) is 3.76. The normalized spacial score (nSPS) is 19.8. The second kappa shape index (κ2) is 4.44. The smallest absolute Gasteiger partial charge is 0.0484 e. The van der Waals surface area contributed by atoms with Gasteiger partial charge in [-0.25, -0.2) is 0 Å². The van der Waals surface area contributed by atoms with Crippen LogP contribution in [-0.2, 0) is 0 Å². The predicted molar refractivity (Wildman–Crippen MR) is 69.0 cm³/mol. The molecule has 1 aliphatic heterocycles. The zero-order chi connectivity index (χ0) is 11.7. The van der Waals surface area contributed by atoms with Crippen LogP contribution in [0.15, 0.2) is 12.3 Å². The maximum absolute atomic E-state index is 4.58. The maximum atomic E-state index is 4.58. The summed E-state index contributed by atoms with van der Waals surface area (Å²) in [4.78, 5) is 4.58. The summed E-state index contributed by atoms with van der Waals surface area (Å²) in [7, 11) is 0. The van der Waals surface area contributed by atoms with Crippen LogP contribution in [0.2, 0.25) is 0 Å². The van der Waals surface area contributed by atoms with Crippen molar-refractivity contribution < 1.29 is 0 Å². The van der Waals surface area contributed by atoms with E-state index in [1.165, 1.54) is 23.4 Å². The zero-order valence-electron chi connectivity index (χ0n) is 10.7. The summed E-state index contributed by atoms with van der Waals surface area (Å²) in [6.45, 7) is 10.2. The molecule has 1 aliphatic rings. The first kappa shape index (κ1) is 11.4. The largest absolute Gasteiger partial charge is 0.385 e. The lowest BCUT2D eigenvalue weighted by Crippen LogP contribution is -2.22. The van der Waals surface area contributed by atoms with E-state index >= 15 is 0 Å². The summed E-state index contributed by atoms with van der Waals surface area (Å²) in [5.74, 6) is 1.88. The second-order valence-corrected chi connectivity index (χ2v) is 5.38. The first-order chi connectivity index (χ1) is 7.61. The number of nitrogens with one attached hydrogen (secondary N) is 1. The van der Waals surface area contributed by atoms with Crippen LogP contribution in [0.3, 0.4) is 0 Å². The highest BCUT2D eigenvalue weighted by molar-refractivity contribution is 5.56. The van der Waals surface area contributed by atoms with E-state index in [0.717, 1.165) is 6.54 Å². The Morgan fingerprint density at radius 3 is 2.69 bits per heavy atom. The first-order valence-electron chi connectivity index (χ1n) is 6.34. The van der Waals surface area contributed by atoms with Gasteiger partial charge in [-0.2, -0.15) is 0 Å². The number of anilines is 1. The summed E-state index contributed by atoms with van der Waals surface area (Å²) in [6, 6.07) is 2.12. The molecule has 0 bridgehead atoms. The minimum absolute atomic E-state index is 0.510. The monoisotopic (exact) mass is 218 g/mol. The number of hydrogen-bond donors (Lipinski definition) is 1. The van der Waals surface area contributed by atoms with Gasteiger partial charge in [-0.1, -0.05) is 27.7 Å². The maximum Gasteiger partial charge on any atom is 0.0484 e. The van der Waals surface area contributed by atoms with Gasteiger partial charge in [0.2, 0.25) is 0 Å². The van der Waals surface area contributed by atoms with Crippen LogP contribution in [0, 0.1) is 5.92 Å². The Hall–Kier alpha value is -1.05. The van der Waals surface area contributed by atoms with E-state index in [0.29, 0.717) is 17.8 Å². The van der Waals surface area contributed by atoms with Gasteiger partial charge in [0.15, 0.2) is 0 Å². The Morgan fingerprint density at radius 1 is 1.31 bits per heavy atom. The van der Waals surface area contributed by atoms with Gasteiger partial charge >= 0.3 is 0 Å². The van der Waals surface area contributed by atoms with Gasteiger partial charge in [0.05, 0.1) is 0 Å². The molecule has 0 aliphatic carbocycles. The van der Waals surface area contributed by atoms with Gasteiger partial charge in [-0.05, 0) is 30.2 Å². The average Bonchev–Trinajstić information content (AvgIpc) is 2.27. The number of pyridine rings is 1. The molecule has 1 atom stereocenters. The van der Waals surface area contributed by atoms with Gasteiger partial charge in [0, 0.05) is 29.7 Å². The summed E-state index contributed by atoms with van der Waals surface area (Å²) < 4.78 is 0. The lowest BCUT2D eigenvalue weighted by atomic mass is 9.80. The standard InChI is InChI=1S/C14H22N2/c1-9(2)11-5-7-15-12-6-8-16-14(10(3)4)13(11)12/h6,8-11,15H,5,7H2,1-4H3. The number of rotatable bonds is 2. The minimum Gasteiger partial charge on any atom is -0.385 e. The summed E-state index contributed by atoms with van der Waals surface area (Å²) in [5.41, 5.74) is 4.06. The molecule has 2 rings (SSSR count).